The largest absolute Gasteiger partial charge is 0.456 e. The van der Waals surface area contributed by atoms with E-state index in [0.29, 0.717) is 0 Å². The SMILES string of the molecule is c1ccc(-c2cccc(N(c3ccc(-c4cccc5oc6ccccc6c45)cc3)c3ccc4c5c(-c6ccccc6)cccc5n(-c5ccccc5)c4c3)c2)cc1. The summed E-state index contributed by atoms with van der Waals surface area (Å²) in [6.45, 7) is 0. The van der Waals surface area contributed by atoms with Gasteiger partial charge in [-0.25, -0.2) is 0 Å². The van der Waals surface area contributed by atoms with Crippen molar-refractivity contribution in [1.82, 2.24) is 4.57 Å². The Labute approximate surface area is 330 Å². The summed E-state index contributed by atoms with van der Waals surface area (Å²) in [4.78, 5) is 2.38. The van der Waals surface area contributed by atoms with Gasteiger partial charge in [0.1, 0.15) is 11.2 Å². The Morgan fingerprint density at radius 1 is 0.333 bits per heavy atom. The summed E-state index contributed by atoms with van der Waals surface area (Å²) < 4.78 is 8.68. The van der Waals surface area contributed by atoms with E-state index in [2.05, 4.69) is 216 Å². The summed E-state index contributed by atoms with van der Waals surface area (Å²) in [5, 5.41) is 4.73. The van der Waals surface area contributed by atoms with Gasteiger partial charge in [-0.15, -0.1) is 0 Å². The number of para-hydroxylation sites is 2. The van der Waals surface area contributed by atoms with Gasteiger partial charge in [0.15, 0.2) is 0 Å². The van der Waals surface area contributed by atoms with Gasteiger partial charge in [-0.05, 0) is 100 Å². The zero-order valence-electron chi connectivity index (χ0n) is 31.1. The molecule has 0 radical (unpaired) electrons. The van der Waals surface area contributed by atoms with Crippen molar-refractivity contribution in [3.63, 3.8) is 0 Å². The van der Waals surface area contributed by atoms with Gasteiger partial charge in [0.25, 0.3) is 0 Å². The molecule has 11 rings (SSSR count). The molecule has 0 saturated carbocycles. The third-order valence-corrected chi connectivity index (χ3v) is 11.2. The lowest BCUT2D eigenvalue weighted by Crippen LogP contribution is -2.10. The van der Waals surface area contributed by atoms with Crippen molar-refractivity contribution >= 4 is 60.8 Å². The van der Waals surface area contributed by atoms with E-state index in [1.165, 1.54) is 38.5 Å². The molecule has 11 aromatic rings. The third-order valence-electron chi connectivity index (χ3n) is 11.2. The van der Waals surface area contributed by atoms with E-state index in [4.69, 9.17) is 4.42 Å². The number of rotatable bonds is 7. The highest BCUT2D eigenvalue weighted by molar-refractivity contribution is 6.17. The molecule has 0 saturated heterocycles. The zero-order valence-corrected chi connectivity index (χ0v) is 31.1. The first-order valence-electron chi connectivity index (χ1n) is 19.4. The summed E-state index contributed by atoms with van der Waals surface area (Å²) in [6, 6.07) is 78.1. The molecule has 0 bridgehead atoms. The van der Waals surface area contributed by atoms with Crippen LogP contribution in [0.5, 0.6) is 0 Å². The minimum absolute atomic E-state index is 0.898. The third kappa shape index (κ3) is 5.60. The molecule has 2 heterocycles. The number of aromatic nitrogens is 1. The quantitative estimate of drug-likeness (QED) is 0.163. The number of fused-ring (bicyclic) bond motifs is 6. The van der Waals surface area contributed by atoms with Crippen molar-refractivity contribution in [3.05, 3.63) is 218 Å². The second-order valence-corrected chi connectivity index (χ2v) is 14.5. The number of nitrogens with zero attached hydrogens (tertiary/aromatic N) is 2. The van der Waals surface area contributed by atoms with Crippen LogP contribution in [0.3, 0.4) is 0 Å². The predicted octanol–water partition coefficient (Wildman–Crippen LogP) is 15.2. The summed E-state index contributed by atoms with van der Waals surface area (Å²) in [5.41, 5.74) is 15.6. The molecule has 268 valence electrons. The number of hydrogen-bond donors (Lipinski definition) is 0. The lowest BCUT2D eigenvalue weighted by atomic mass is 9.98. The number of hydrogen-bond acceptors (Lipinski definition) is 2. The van der Waals surface area contributed by atoms with Crippen molar-refractivity contribution < 1.29 is 4.42 Å². The van der Waals surface area contributed by atoms with Crippen LogP contribution in [-0.2, 0) is 0 Å². The van der Waals surface area contributed by atoms with E-state index >= 15 is 0 Å². The van der Waals surface area contributed by atoms with E-state index < -0.39 is 0 Å². The van der Waals surface area contributed by atoms with Gasteiger partial charge in [-0.2, -0.15) is 0 Å². The second-order valence-electron chi connectivity index (χ2n) is 14.5. The van der Waals surface area contributed by atoms with Crippen molar-refractivity contribution in [1.29, 1.82) is 0 Å². The Morgan fingerprint density at radius 3 is 1.70 bits per heavy atom. The molecular weight excluding hydrogens is 693 g/mol. The molecule has 0 spiro atoms. The van der Waals surface area contributed by atoms with Crippen molar-refractivity contribution in [2.24, 2.45) is 0 Å². The molecule has 0 N–H and O–H groups in total. The summed E-state index contributed by atoms with van der Waals surface area (Å²) in [6.07, 6.45) is 0. The zero-order chi connectivity index (χ0) is 37.7. The van der Waals surface area contributed by atoms with Gasteiger partial charge < -0.3 is 13.9 Å². The van der Waals surface area contributed by atoms with Crippen LogP contribution in [0.2, 0.25) is 0 Å². The van der Waals surface area contributed by atoms with Crippen LogP contribution < -0.4 is 4.90 Å². The van der Waals surface area contributed by atoms with Crippen LogP contribution in [-0.4, -0.2) is 4.57 Å². The van der Waals surface area contributed by atoms with Crippen molar-refractivity contribution in [2.45, 2.75) is 0 Å². The Kier molecular flexibility index (Phi) is 7.82. The van der Waals surface area contributed by atoms with Gasteiger partial charge >= 0.3 is 0 Å². The predicted molar refractivity (Wildman–Crippen MR) is 239 cm³/mol. The van der Waals surface area contributed by atoms with Crippen LogP contribution in [0, 0.1) is 0 Å². The summed E-state index contributed by atoms with van der Waals surface area (Å²) in [7, 11) is 0. The minimum atomic E-state index is 0.898. The number of furan rings is 1. The molecule has 2 aromatic heterocycles. The van der Waals surface area contributed by atoms with E-state index in [1.807, 2.05) is 12.1 Å². The van der Waals surface area contributed by atoms with Crippen LogP contribution >= 0.6 is 0 Å². The molecule has 0 atom stereocenters. The van der Waals surface area contributed by atoms with Crippen LogP contribution in [0.25, 0.3) is 82.8 Å². The smallest absolute Gasteiger partial charge is 0.136 e. The molecule has 0 amide bonds. The first-order chi connectivity index (χ1) is 28.3. The molecule has 0 aliphatic carbocycles. The molecule has 3 nitrogen and oxygen atoms in total. The van der Waals surface area contributed by atoms with Crippen molar-refractivity contribution in [3.8, 4) is 39.1 Å². The molecular formula is C54H36N2O. The fourth-order valence-corrected chi connectivity index (χ4v) is 8.62. The molecule has 0 aliphatic rings. The van der Waals surface area contributed by atoms with E-state index in [-0.39, 0.29) is 0 Å². The monoisotopic (exact) mass is 728 g/mol. The minimum Gasteiger partial charge on any atom is -0.456 e. The highest BCUT2D eigenvalue weighted by atomic mass is 16.3. The van der Waals surface area contributed by atoms with Crippen LogP contribution in [0.15, 0.2) is 223 Å². The Hall–Kier alpha value is -7.62. The van der Waals surface area contributed by atoms with Crippen molar-refractivity contribution in [2.75, 3.05) is 4.90 Å². The standard InChI is InChI=1S/C54H36N2O/c1-4-15-37(16-5-1)40-19-12-22-43(35-40)55(42-31-29-39(30-32-42)46-25-14-28-52-54(46)48-23-10-11-27-51(48)57-52)44-33-34-47-50(36-44)56(41-20-8-3-9-21-41)49-26-13-24-45(53(47)49)38-17-6-2-7-18-38/h1-36H. The van der Waals surface area contributed by atoms with E-state index in [9.17, 15) is 0 Å². The fourth-order valence-electron chi connectivity index (χ4n) is 8.62. The molecule has 0 unspecified atom stereocenters. The first kappa shape index (κ1) is 32.8. The average Bonchev–Trinajstić information content (AvgIpc) is 3.84. The maximum Gasteiger partial charge on any atom is 0.136 e. The van der Waals surface area contributed by atoms with Gasteiger partial charge in [0.2, 0.25) is 0 Å². The number of benzene rings is 9. The lowest BCUT2D eigenvalue weighted by Gasteiger charge is -2.26. The topological polar surface area (TPSA) is 21.3 Å². The van der Waals surface area contributed by atoms with Gasteiger partial charge in [0, 0.05) is 44.3 Å². The van der Waals surface area contributed by atoms with Crippen LogP contribution in [0.1, 0.15) is 0 Å². The maximum atomic E-state index is 6.26. The fraction of sp³-hybridized carbons (Fsp3) is 0. The average molecular weight is 729 g/mol. The molecule has 0 fully saturated rings. The summed E-state index contributed by atoms with van der Waals surface area (Å²) >= 11 is 0. The Morgan fingerprint density at radius 2 is 0.912 bits per heavy atom. The van der Waals surface area contributed by atoms with E-state index in [0.717, 1.165) is 61.3 Å². The molecule has 3 heteroatoms. The second kappa shape index (κ2) is 13.6. The highest BCUT2D eigenvalue weighted by Crippen LogP contribution is 2.44. The van der Waals surface area contributed by atoms with Gasteiger partial charge in [0.05, 0.1) is 11.0 Å². The number of anilines is 3. The van der Waals surface area contributed by atoms with Crippen LogP contribution in [0.4, 0.5) is 17.1 Å². The first-order valence-corrected chi connectivity index (χ1v) is 19.4. The van der Waals surface area contributed by atoms with E-state index in [1.54, 1.807) is 0 Å². The maximum absolute atomic E-state index is 6.26. The Bertz CT molecular complexity index is 3220. The molecule has 9 aromatic carbocycles. The molecule has 57 heavy (non-hydrogen) atoms. The Balaban J connectivity index is 1.12. The summed E-state index contributed by atoms with van der Waals surface area (Å²) in [5.74, 6) is 0. The highest BCUT2D eigenvalue weighted by Gasteiger charge is 2.21. The lowest BCUT2D eigenvalue weighted by molar-refractivity contribution is 0.669. The van der Waals surface area contributed by atoms with Gasteiger partial charge in [-0.1, -0.05) is 152 Å². The normalized spacial score (nSPS) is 11.5. The van der Waals surface area contributed by atoms with Gasteiger partial charge in [-0.3, -0.25) is 0 Å². The molecule has 0 aliphatic heterocycles.